The number of carboxylic acids is 1. The number of aliphatic carboxylic acids is 1. The van der Waals surface area contributed by atoms with Crippen molar-refractivity contribution in [2.24, 2.45) is 17.8 Å². The number of rotatable bonds is 2. The number of carboxylic acid groups (broad SMARTS) is 1. The molecule has 1 aliphatic rings. The molecule has 13 heavy (non-hydrogen) atoms. The van der Waals surface area contributed by atoms with Crippen molar-refractivity contribution in [3.63, 3.8) is 0 Å². The molecule has 1 fully saturated rings. The molecular formula is C10H16O3. The average Bonchev–Trinajstić information content (AvgIpc) is 2.02. The molecule has 0 aliphatic heterocycles. The Bertz CT molecular complexity index is 222. The van der Waals surface area contributed by atoms with Crippen LogP contribution in [0, 0.1) is 17.8 Å². The molecule has 0 spiro atoms. The summed E-state index contributed by atoms with van der Waals surface area (Å²) in [6.45, 7) is 3.42. The molecule has 3 nitrogen and oxygen atoms in total. The molecule has 1 N–H and O–H groups in total. The van der Waals surface area contributed by atoms with Crippen molar-refractivity contribution in [1.29, 1.82) is 0 Å². The normalized spacial score (nSPS) is 34.2. The molecule has 1 aliphatic carbocycles. The molecule has 0 aromatic heterocycles. The lowest BCUT2D eigenvalue weighted by atomic mass is 9.71. The number of carbonyl (C=O) groups is 2. The molecule has 0 amide bonds. The van der Waals surface area contributed by atoms with Gasteiger partial charge in [-0.15, -0.1) is 0 Å². The zero-order chi connectivity index (χ0) is 10.0. The van der Waals surface area contributed by atoms with Gasteiger partial charge in [0.05, 0.1) is 5.92 Å². The van der Waals surface area contributed by atoms with Gasteiger partial charge in [-0.1, -0.05) is 13.3 Å². The van der Waals surface area contributed by atoms with E-state index in [0.29, 0.717) is 0 Å². The summed E-state index contributed by atoms with van der Waals surface area (Å²) in [5, 5.41) is 8.98. The van der Waals surface area contributed by atoms with Crippen LogP contribution in [0.5, 0.6) is 0 Å². The van der Waals surface area contributed by atoms with E-state index in [0.717, 1.165) is 19.3 Å². The smallest absolute Gasteiger partial charge is 0.307 e. The van der Waals surface area contributed by atoms with Crippen molar-refractivity contribution >= 4 is 11.8 Å². The standard InChI is InChI=1S/C10H16O3/c1-6-4-3-5-8(7(2)11)9(6)10(12)13/h6,8-9H,3-5H2,1-2H3,(H,12,13). The number of Topliss-reactive ketones (excluding diaryl/α,β-unsaturated/α-hetero) is 1. The lowest BCUT2D eigenvalue weighted by Crippen LogP contribution is -2.36. The van der Waals surface area contributed by atoms with Gasteiger partial charge in [-0.2, -0.15) is 0 Å². The fraction of sp³-hybridized carbons (Fsp3) is 0.800. The van der Waals surface area contributed by atoms with Crippen LogP contribution in [0.25, 0.3) is 0 Å². The lowest BCUT2D eigenvalue weighted by Gasteiger charge is -2.31. The molecule has 0 radical (unpaired) electrons. The van der Waals surface area contributed by atoms with E-state index >= 15 is 0 Å². The number of hydrogen-bond donors (Lipinski definition) is 1. The Morgan fingerprint density at radius 3 is 2.31 bits per heavy atom. The van der Waals surface area contributed by atoms with Crippen LogP contribution in [0.2, 0.25) is 0 Å². The SMILES string of the molecule is CC(=O)C1CCCC(C)C1C(=O)O. The highest BCUT2D eigenvalue weighted by Crippen LogP contribution is 2.35. The largest absolute Gasteiger partial charge is 0.481 e. The Morgan fingerprint density at radius 1 is 1.31 bits per heavy atom. The predicted molar refractivity (Wildman–Crippen MR) is 48.3 cm³/mol. The molecule has 3 atom stereocenters. The predicted octanol–water partition coefficient (Wildman–Crippen LogP) is 1.71. The van der Waals surface area contributed by atoms with Crippen LogP contribution in [-0.2, 0) is 9.59 Å². The van der Waals surface area contributed by atoms with Crippen LogP contribution in [0.1, 0.15) is 33.1 Å². The monoisotopic (exact) mass is 184 g/mol. The second kappa shape index (κ2) is 3.90. The van der Waals surface area contributed by atoms with Gasteiger partial charge in [-0.25, -0.2) is 0 Å². The number of hydrogen-bond acceptors (Lipinski definition) is 2. The third-order valence-electron chi connectivity index (χ3n) is 3.03. The topological polar surface area (TPSA) is 54.4 Å². The van der Waals surface area contributed by atoms with Crippen molar-refractivity contribution in [3.05, 3.63) is 0 Å². The van der Waals surface area contributed by atoms with Gasteiger partial charge in [0.1, 0.15) is 5.78 Å². The van der Waals surface area contributed by atoms with Crippen LogP contribution in [0.3, 0.4) is 0 Å². The van der Waals surface area contributed by atoms with Crippen LogP contribution in [0.4, 0.5) is 0 Å². The van der Waals surface area contributed by atoms with Crippen LogP contribution < -0.4 is 0 Å². The number of carbonyl (C=O) groups excluding carboxylic acids is 1. The highest BCUT2D eigenvalue weighted by Gasteiger charge is 2.38. The molecule has 3 heteroatoms. The van der Waals surface area contributed by atoms with E-state index in [9.17, 15) is 9.59 Å². The first kappa shape index (κ1) is 10.2. The summed E-state index contributed by atoms with van der Waals surface area (Å²) in [5.41, 5.74) is 0. The molecule has 1 saturated carbocycles. The first-order valence-corrected chi connectivity index (χ1v) is 4.77. The first-order valence-electron chi connectivity index (χ1n) is 4.77. The van der Waals surface area contributed by atoms with Crippen molar-refractivity contribution < 1.29 is 14.7 Å². The maximum Gasteiger partial charge on any atom is 0.307 e. The van der Waals surface area contributed by atoms with Crippen molar-refractivity contribution in [3.8, 4) is 0 Å². The first-order chi connectivity index (χ1) is 6.04. The van der Waals surface area contributed by atoms with Gasteiger partial charge in [0.15, 0.2) is 0 Å². The van der Waals surface area contributed by atoms with E-state index in [1.807, 2.05) is 6.92 Å². The highest BCUT2D eigenvalue weighted by molar-refractivity contribution is 5.84. The fourth-order valence-electron chi connectivity index (χ4n) is 2.29. The zero-order valence-corrected chi connectivity index (χ0v) is 8.12. The Morgan fingerprint density at radius 2 is 1.92 bits per heavy atom. The summed E-state index contributed by atoms with van der Waals surface area (Å²) >= 11 is 0. The Balaban J connectivity index is 2.80. The van der Waals surface area contributed by atoms with E-state index in [1.54, 1.807) is 0 Å². The van der Waals surface area contributed by atoms with E-state index in [4.69, 9.17) is 5.11 Å². The molecule has 0 bridgehead atoms. The Hall–Kier alpha value is -0.860. The minimum absolute atomic E-state index is 0.0268. The quantitative estimate of drug-likeness (QED) is 0.710. The Kier molecular flexibility index (Phi) is 3.07. The molecular weight excluding hydrogens is 168 g/mol. The third kappa shape index (κ3) is 2.08. The molecule has 0 aromatic rings. The van der Waals surface area contributed by atoms with E-state index in [1.165, 1.54) is 6.92 Å². The van der Waals surface area contributed by atoms with Gasteiger partial charge in [0.25, 0.3) is 0 Å². The molecule has 3 unspecified atom stereocenters. The van der Waals surface area contributed by atoms with Crippen molar-refractivity contribution in [1.82, 2.24) is 0 Å². The van der Waals surface area contributed by atoms with E-state index < -0.39 is 11.9 Å². The highest BCUT2D eigenvalue weighted by atomic mass is 16.4. The van der Waals surface area contributed by atoms with E-state index in [-0.39, 0.29) is 17.6 Å². The number of ketones is 1. The van der Waals surface area contributed by atoms with Crippen molar-refractivity contribution in [2.45, 2.75) is 33.1 Å². The third-order valence-corrected chi connectivity index (χ3v) is 3.03. The summed E-state index contributed by atoms with van der Waals surface area (Å²) < 4.78 is 0. The summed E-state index contributed by atoms with van der Waals surface area (Å²) in [7, 11) is 0. The lowest BCUT2D eigenvalue weighted by molar-refractivity contribution is -0.150. The van der Waals surface area contributed by atoms with Crippen LogP contribution in [-0.4, -0.2) is 16.9 Å². The Labute approximate surface area is 78.1 Å². The van der Waals surface area contributed by atoms with Gasteiger partial charge in [-0.05, 0) is 25.7 Å². The summed E-state index contributed by atoms with van der Waals surface area (Å²) in [5.74, 6) is -1.35. The van der Waals surface area contributed by atoms with Crippen LogP contribution in [0.15, 0.2) is 0 Å². The molecule has 0 heterocycles. The minimum Gasteiger partial charge on any atom is -0.481 e. The van der Waals surface area contributed by atoms with Crippen LogP contribution >= 0.6 is 0 Å². The minimum atomic E-state index is -0.813. The average molecular weight is 184 g/mol. The van der Waals surface area contributed by atoms with Gasteiger partial charge < -0.3 is 5.11 Å². The molecule has 0 aromatic carbocycles. The molecule has 0 saturated heterocycles. The fourth-order valence-corrected chi connectivity index (χ4v) is 2.29. The zero-order valence-electron chi connectivity index (χ0n) is 8.12. The summed E-state index contributed by atoms with van der Waals surface area (Å²) in [4.78, 5) is 22.1. The second-order valence-electron chi connectivity index (χ2n) is 3.99. The van der Waals surface area contributed by atoms with Gasteiger partial charge in [0, 0.05) is 5.92 Å². The molecule has 74 valence electrons. The van der Waals surface area contributed by atoms with Gasteiger partial charge in [-0.3, -0.25) is 9.59 Å². The maximum atomic E-state index is 11.2. The van der Waals surface area contributed by atoms with Gasteiger partial charge >= 0.3 is 5.97 Å². The summed E-state index contributed by atoms with van der Waals surface area (Å²) in [6, 6.07) is 0. The van der Waals surface area contributed by atoms with Crippen molar-refractivity contribution in [2.75, 3.05) is 0 Å². The van der Waals surface area contributed by atoms with E-state index in [2.05, 4.69) is 0 Å². The molecule has 1 rings (SSSR count). The second-order valence-corrected chi connectivity index (χ2v) is 3.99. The van der Waals surface area contributed by atoms with Gasteiger partial charge in [0.2, 0.25) is 0 Å². The maximum absolute atomic E-state index is 11.2. The summed E-state index contributed by atoms with van der Waals surface area (Å²) in [6.07, 6.45) is 2.66.